The van der Waals surface area contributed by atoms with Crippen molar-refractivity contribution in [2.45, 2.75) is 33.6 Å². The zero-order valence-corrected chi connectivity index (χ0v) is 67.4. The van der Waals surface area contributed by atoms with Gasteiger partial charge in [-0.25, -0.2) is 29.4 Å². The number of nitrogens with zero attached hydrogens (tertiary/aromatic N) is 6. The predicted molar refractivity (Wildman–Crippen MR) is 477 cm³/mol. The second-order valence-electron chi connectivity index (χ2n) is 27.0. The summed E-state index contributed by atoms with van der Waals surface area (Å²) in [5, 5.41) is 6.89. The molecule has 12 aromatic carbocycles. The maximum absolute atomic E-state index is 13.1. The molecule has 18 heteroatoms. The highest BCUT2D eigenvalue weighted by molar-refractivity contribution is 7.12. The van der Waals surface area contributed by atoms with E-state index in [1.807, 2.05) is 177 Å². The number of halogens is 5. The van der Waals surface area contributed by atoms with Crippen LogP contribution in [0.2, 0.25) is 20.1 Å². The Bertz CT molecular complexity index is 6190. The van der Waals surface area contributed by atoms with E-state index in [4.69, 9.17) is 80.1 Å². The molecule has 0 aliphatic carbocycles. The van der Waals surface area contributed by atoms with Crippen molar-refractivity contribution in [3.63, 3.8) is 0 Å². The highest BCUT2D eigenvalue weighted by atomic mass is 35.5. The van der Waals surface area contributed by atoms with Crippen LogP contribution in [0, 0.1) is 29.5 Å². The summed E-state index contributed by atoms with van der Waals surface area (Å²) in [6, 6.07) is 87.8. The van der Waals surface area contributed by atoms with Crippen molar-refractivity contribution in [2.24, 2.45) is 25.0 Å². The van der Waals surface area contributed by atoms with Crippen LogP contribution in [0.15, 0.2) is 316 Å². The second kappa shape index (κ2) is 37.5. The molecule has 0 atom stereocenters. The normalized spacial score (nSPS) is 12.8. The number of ether oxygens (including phenoxy) is 5. The first-order chi connectivity index (χ1) is 57.2. The predicted octanol–water partition coefficient (Wildman–Crippen LogP) is 26.1. The van der Waals surface area contributed by atoms with Crippen molar-refractivity contribution in [1.29, 1.82) is 0 Å². The summed E-state index contributed by atoms with van der Waals surface area (Å²) in [5.74, 6) is 15.5. The van der Waals surface area contributed by atoms with Crippen molar-refractivity contribution in [3.8, 4) is 85.8 Å². The molecule has 0 amide bonds. The highest BCUT2D eigenvalue weighted by Gasteiger charge is 2.22. The Morgan fingerprint density at radius 2 is 0.701 bits per heavy atom. The lowest BCUT2D eigenvalue weighted by molar-refractivity contribution is 0.102. The van der Waals surface area contributed by atoms with Crippen LogP contribution in [-0.4, -0.2) is 72.4 Å². The summed E-state index contributed by atoms with van der Waals surface area (Å²) in [7, 11) is 0. The first-order valence-corrected chi connectivity index (χ1v) is 40.1. The number of fused-ring (bicyclic) bond motifs is 6. The summed E-state index contributed by atoms with van der Waals surface area (Å²) in [4.78, 5) is 40.2. The zero-order chi connectivity index (χ0) is 80.6. The molecule has 0 spiro atoms. The molecule has 574 valence electrons. The molecule has 7 heterocycles. The van der Waals surface area contributed by atoms with Crippen molar-refractivity contribution in [3.05, 3.63) is 360 Å². The lowest BCUT2D eigenvalue weighted by Crippen LogP contribution is -2.16. The van der Waals surface area contributed by atoms with Gasteiger partial charge in [0.25, 0.3) is 0 Å². The Morgan fingerprint density at radius 1 is 0.368 bits per heavy atom. The van der Waals surface area contributed by atoms with E-state index >= 15 is 0 Å². The fraction of sp³-hybridized carbons (Fsp3) is 0.101. The molecule has 2 aromatic heterocycles. The number of carbonyl (C=O) groups excluding carboxylic acids is 1. The first-order valence-electron chi connectivity index (χ1n) is 37.7. The molecule has 0 unspecified atom stereocenters. The van der Waals surface area contributed by atoms with Crippen molar-refractivity contribution < 1.29 is 32.9 Å². The summed E-state index contributed by atoms with van der Waals surface area (Å²) in [6.07, 6.45) is 5.51. The Labute approximate surface area is 702 Å². The Hall–Kier alpha value is -13.0. The molecule has 0 N–H and O–H groups in total. The third kappa shape index (κ3) is 19.9. The van der Waals surface area contributed by atoms with Crippen LogP contribution < -0.4 is 23.7 Å². The van der Waals surface area contributed by atoms with Crippen LogP contribution in [0.1, 0.15) is 82.2 Å². The highest BCUT2D eigenvalue weighted by Crippen LogP contribution is 2.40. The number of aliphatic imine (C=N–C) groups is 5. The van der Waals surface area contributed by atoms with Crippen LogP contribution >= 0.6 is 57.7 Å². The monoisotopic (exact) mass is 1630 g/mol. The van der Waals surface area contributed by atoms with Gasteiger partial charge in [0.15, 0.2) is 5.78 Å². The van der Waals surface area contributed by atoms with E-state index in [9.17, 15) is 9.18 Å². The number of benzene rings is 12. The van der Waals surface area contributed by atoms with Gasteiger partial charge in [-0.05, 0) is 159 Å². The van der Waals surface area contributed by atoms with Crippen LogP contribution in [0.3, 0.4) is 0 Å². The summed E-state index contributed by atoms with van der Waals surface area (Å²) in [6.45, 7) is 7.75. The summed E-state index contributed by atoms with van der Waals surface area (Å²) in [5.41, 5.74) is 22.2. The molecular formula is C99H71Cl4FN6O6S. The van der Waals surface area contributed by atoms with Gasteiger partial charge in [-0.2, -0.15) is 0 Å². The van der Waals surface area contributed by atoms with Crippen LogP contribution in [0.5, 0.6) is 28.7 Å². The van der Waals surface area contributed by atoms with E-state index in [-0.39, 0.29) is 11.6 Å². The number of Topliss-reactive ketones (excluding diaryl/α,β-unsaturated/α-hetero) is 1. The standard InChI is InChI=1S/C23H15ClN2O.C20H14ClNO2S.C20H14ClNO.C18H14ClNO.C18H14FNO/c24-18-9-10-21-23(11-18)27-14-22(26-21)16-7-5-15(6-8-16)20-13-25-12-17-3-1-2-4-19(17)20;1-12(23)20-16(8-9-25-20)13-2-4-14(5-3-13)18-11-24-19-10-15(21)6-7-17(19)22-18;21-17-10-11-18-20(12-17)23-13-19(22-18)16-8-6-15(7-9-16)14-4-2-1-3-5-14;2*1-2-3-4-13-5-7-14(8-6-13)17-12-21-18-11-15(19)9-10-16(18)20-17/h1-13H,14H2;2-10H,11H2,1H3;1-12H,13H2;2*5-11H,2,12H2,1H3. The van der Waals surface area contributed by atoms with Gasteiger partial charge < -0.3 is 23.7 Å². The van der Waals surface area contributed by atoms with Crippen molar-refractivity contribution >= 4 is 131 Å². The molecule has 12 nitrogen and oxygen atoms in total. The molecule has 14 aromatic rings. The number of rotatable bonds is 9. The minimum atomic E-state index is -0.314. The topological polar surface area (TPSA) is 138 Å². The first kappa shape index (κ1) is 79.2. The summed E-state index contributed by atoms with van der Waals surface area (Å²) < 4.78 is 41.8. The van der Waals surface area contributed by atoms with Crippen LogP contribution in [0.4, 0.5) is 32.8 Å². The maximum atomic E-state index is 13.1. The van der Waals surface area contributed by atoms with Gasteiger partial charge in [0.1, 0.15) is 96.0 Å². The zero-order valence-electron chi connectivity index (χ0n) is 63.6. The second-order valence-corrected chi connectivity index (χ2v) is 29.6. The van der Waals surface area contributed by atoms with Gasteiger partial charge in [-0.3, -0.25) is 9.78 Å². The van der Waals surface area contributed by atoms with Gasteiger partial charge in [-0.15, -0.1) is 11.3 Å². The fourth-order valence-corrected chi connectivity index (χ4v) is 14.5. The summed E-state index contributed by atoms with van der Waals surface area (Å²) >= 11 is 25.4. The van der Waals surface area contributed by atoms with E-state index in [0.717, 1.165) is 153 Å². The van der Waals surface area contributed by atoms with E-state index < -0.39 is 0 Å². The van der Waals surface area contributed by atoms with Gasteiger partial charge in [0, 0.05) is 103 Å². The Balaban J connectivity index is 0.000000115. The minimum Gasteiger partial charge on any atom is -0.485 e. The number of ketones is 1. The van der Waals surface area contributed by atoms with Gasteiger partial charge in [0.05, 0.1) is 33.4 Å². The number of pyridine rings is 1. The SMILES string of the molecule is CC(=O)c1sccc1-c1ccc(C2=Nc3ccc(Cl)cc3OC2)cc1.CCC#Cc1ccc(C2=Nc3ccc(Cl)cc3OC2)cc1.CCC#Cc1ccc(C2=Nc3ccc(F)cc3OC2)cc1.Clc1ccc2c(c1)OCC(c1ccc(-c3ccccc3)cc1)=N2.Clc1ccc2c(c1)OCC(c1ccc(-c3cncc4ccccc34)cc1)=N2. The van der Waals surface area contributed by atoms with E-state index in [0.29, 0.717) is 70.3 Å². The quantitative estimate of drug-likeness (QED) is 0.104. The molecule has 0 saturated heterocycles. The fourth-order valence-electron chi connectivity index (χ4n) is 13.0. The van der Waals surface area contributed by atoms with E-state index in [2.05, 4.69) is 123 Å². The number of carbonyl (C=O) groups is 1. The molecule has 0 saturated carbocycles. The maximum Gasteiger partial charge on any atom is 0.170 e. The molecule has 0 fully saturated rings. The third-order valence-corrected chi connectivity index (χ3v) is 21.0. The lowest BCUT2D eigenvalue weighted by Gasteiger charge is -2.17. The number of hydrogen-bond acceptors (Lipinski definition) is 13. The Kier molecular flexibility index (Phi) is 25.4. The van der Waals surface area contributed by atoms with E-state index in [1.54, 1.807) is 43.3 Å². The number of aromatic nitrogens is 1. The van der Waals surface area contributed by atoms with Crippen molar-refractivity contribution in [2.75, 3.05) is 33.0 Å². The Morgan fingerprint density at radius 3 is 1.09 bits per heavy atom. The van der Waals surface area contributed by atoms with E-state index in [1.165, 1.54) is 40.0 Å². The molecule has 5 aliphatic heterocycles. The molecule has 19 rings (SSSR count). The number of hydrogen-bond donors (Lipinski definition) is 0. The lowest BCUT2D eigenvalue weighted by atomic mass is 9.99. The largest absolute Gasteiger partial charge is 0.485 e. The van der Waals surface area contributed by atoms with Gasteiger partial charge >= 0.3 is 0 Å². The smallest absolute Gasteiger partial charge is 0.170 e. The van der Waals surface area contributed by atoms with Gasteiger partial charge in [0.2, 0.25) is 0 Å². The molecule has 5 aliphatic rings. The van der Waals surface area contributed by atoms with Gasteiger partial charge in [-0.1, -0.05) is 236 Å². The molecule has 117 heavy (non-hydrogen) atoms. The average Bonchev–Trinajstić information content (AvgIpc) is 1.70. The minimum absolute atomic E-state index is 0.0920. The molecular weight excluding hydrogens is 1560 g/mol. The molecule has 0 radical (unpaired) electrons. The van der Waals surface area contributed by atoms with Crippen LogP contribution in [0.25, 0.3) is 44.2 Å². The van der Waals surface area contributed by atoms with Crippen molar-refractivity contribution in [1.82, 2.24) is 4.98 Å². The molecule has 0 bridgehead atoms. The van der Waals surface area contributed by atoms with Crippen LogP contribution in [-0.2, 0) is 0 Å². The average molecular weight is 1630 g/mol. The number of thiophene rings is 1. The third-order valence-electron chi connectivity index (χ3n) is 19.0.